The summed E-state index contributed by atoms with van der Waals surface area (Å²) in [4.78, 5) is 0. The molecule has 1 nitrogen and oxygen atoms in total. The quantitative estimate of drug-likeness (QED) is 0.792. The van der Waals surface area contributed by atoms with Gasteiger partial charge in [0.1, 0.15) is 5.75 Å². The lowest BCUT2D eigenvalue weighted by atomic mass is 9.98. The zero-order valence-corrected chi connectivity index (χ0v) is 9.05. The maximum atomic E-state index is 9.34. The lowest BCUT2D eigenvalue weighted by molar-refractivity contribution is 0.471. The van der Waals surface area contributed by atoms with Gasteiger partial charge in [0.15, 0.2) is 0 Å². The third kappa shape index (κ3) is 1.88. The van der Waals surface area contributed by atoms with Crippen LogP contribution in [0, 0.1) is 0 Å². The van der Waals surface area contributed by atoms with Crippen LogP contribution >= 0.6 is 15.9 Å². The van der Waals surface area contributed by atoms with Crippen molar-refractivity contribution in [3.8, 4) is 5.75 Å². The molecule has 0 unspecified atom stereocenters. The molecule has 2 rings (SSSR count). The summed E-state index contributed by atoms with van der Waals surface area (Å²) in [6, 6.07) is 5.86. The molecule has 2 heteroatoms. The largest absolute Gasteiger partial charge is 0.507 e. The maximum absolute atomic E-state index is 9.34. The van der Waals surface area contributed by atoms with Gasteiger partial charge in [-0.05, 0) is 52.4 Å². The van der Waals surface area contributed by atoms with Crippen LogP contribution in [0.15, 0.2) is 22.7 Å². The van der Waals surface area contributed by atoms with Crippen molar-refractivity contribution >= 4 is 15.9 Å². The summed E-state index contributed by atoms with van der Waals surface area (Å²) in [5.41, 5.74) is 1.36. The van der Waals surface area contributed by atoms with Crippen LogP contribution < -0.4 is 0 Å². The summed E-state index contributed by atoms with van der Waals surface area (Å²) in [7, 11) is 0. The SMILES string of the molecule is Oc1ccc(C2CCCC2)cc1Br. The standard InChI is InChI=1S/C11H13BrO/c12-10-7-9(5-6-11(10)13)8-3-1-2-4-8/h5-8,13H,1-4H2. The first kappa shape index (κ1) is 9.07. The van der Waals surface area contributed by atoms with Crippen molar-refractivity contribution in [3.63, 3.8) is 0 Å². The Balaban J connectivity index is 2.25. The number of rotatable bonds is 1. The highest BCUT2D eigenvalue weighted by atomic mass is 79.9. The molecule has 0 radical (unpaired) electrons. The van der Waals surface area contributed by atoms with E-state index in [-0.39, 0.29) is 0 Å². The fraction of sp³-hybridized carbons (Fsp3) is 0.455. The van der Waals surface area contributed by atoms with Gasteiger partial charge < -0.3 is 5.11 Å². The lowest BCUT2D eigenvalue weighted by Crippen LogP contribution is -1.91. The minimum Gasteiger partial charge on any atom is -0.507 e. The molecule has 0 heterocycles. The number of phenolic OH excluding ortho intramolecular Hbond substituents is 1. The Morgan fingerprint density at radius 3 is 2.54 bits per heavy atom. The highest BCUT2D eigenvalue weighted by Gasteiger charge is 2.17. The van der Waals surface area contributed by atoms with Crippen molar-refractivity contribution in [1.82, 2.24) is 0 Å². The van der Waals surface area contributed by atoms with Gasteiger partial charge in [-0.2, -0.15) is 0 Å². The minimum atomic E-state index is 0.335. The second-order valence-electron chi connectivity index (χ2n) is 3.69. The van der Waals surface area contributed by atoms with E-state index in [0.717, 1.165) is 10.4 Å². The average Bonchev–Trinajstić information content (AvgIpc) is 2.62. The number of halogens is 1. The van der Waals surface area contributed by atoms with Gasteiger partial charge in [-0.15, -0.1) is 0 Å². The van der Waals surface area contributed by atoms with Crippen molar-refractivity contribution in [2.45, 2.75) is 31.6 Å². The van der Waals surface area contributed by atoms with E-state index in [2.05, 4.69) is 15.9 Å². The van der Waals surface area contributed by atoms with Crippen molar-refractivity contribution in [3.05, 3.63) is 28.2 Å². The lowest BCUT2D eigenvalue weighted by Gasteiger charge is -2.09. The van der Waals surface area contributed by atoms with Gasteiger partial charge in [0.25, 0.3) is 0 Å². The monoisotopic (exact) mass is 240 g/mol. The first-order chi connectivity index (χ1) is 6.27. The van der Waals surface area contributed by atoms with Gasteiger partial charge in [0.2, 0.25) is 0 Å². The van der Waals surface area contributed by atoms with Gasteiger partial charge in [-0.1, -0.05) is 18.9 Å². The van der Waals surface area contributed by atoms with Crippen LogP contribution in [0.25, 0.3) is 0 Å². The number of aromatic hydroxyl groups is 1. The van der Waals surface area contributed by atoms with Gasteiger partial charge >= 0.3 is 0 Å². The molecule has 1 saturated carbocycles. The Morgan fingerprint density at radius 2 is 1.92 bits per heavy atom. The molecule has 1 N–H and O–H groups in total. The third-order valence-electron chi connectivity index (χ3n) is 2.80. The van der Waals surface area contributed by atoms with Crippen LogP contribution in [0.2, 0.25) is 0 Å². The van der Waals surface area contributed by atoms with E-state index in [1.807, 2.05) is 12.1 Å². The Morgan fingerprint density at radius 1 is 1.23 bits per heavy atom. The second kappa shape index (κ2) is 3.70. The fourth-order valence-electron chi connectivity index (χ4n) is 2.04. The van der Waals surface area contributed by atoms with E-state index in [4.69, 9.17) is 0 Å². The smallest absolute Gasteiger partial charge is 0.129 e. The highest BCUT2D eigenvalue weighted by Crippen LogP contribution is 2.36. The van der Waals surface area contributed by atoms with Crippen LogP contribution in [0.1, 0.15) is 37.2 Å². The van der Waals surface area contributed by atoms with Crippen LogP contribution in [-0.4, -0.2) is 5.11 Å². The van der Waals surface area contributed by atoms with Gasteiger partial charge in [-0.25, -0.2) is 0 Å². The molecule has 0 aliphatic heterocycles. The average molecular weight is 241 g/mol. The van der Waals surface area contributed by atoms with Crippen molar-refractivity contribution < 1.29 is 5.11 Å². The van der Waals surface area contributed by atoms with E-state index in [0.29, 0.717) is 5.75 Å². The number of benzene rings is 1. The molecular weight excluding hydrogens is 228 g/mol. The van der Waals surface area contributed by atoms with Gasteiger partial charge in [0, 0.05) is 0 Å². The second-order valence-corrected chi connectivity index (χ2v) is 4.55. The molecule has 0 saturated heterocycles. The summed E-state index contributed by atoms with van der Waals surface area (Å²) >= 11 is 3.34. The third-order valence-corrected chi connectivity index (χ3v) is 3.43. The Hall–Kier alpha value is -0.500. The van der Waals surface area contributed by atoms with E-state index in [1.54, 1.807) is 6.07 Å². The number of phenols is 1. The zero-order valence-electron chi connectivity index (χ0n) is 7.46. The molecule has 13 heavy (non-hydrogen) atoms. The summed E-state index contributed by atoms with van der Waals surface area (Å²) in [6.45, 7) is 0. The molecule has 0 aromatic heterocycles. The van der Waals surface area contributed by atoms with E-state index in [9.17, 15) is 5.11 Å². The molecule has 0 atom stereocenters. The molecule has 1 aromatic rings. The first-order valence-corrected chi connectivity index (χ1v) is 5.55. The van der Waals surface area contributed by atoms with E-state index < -0.39 is 0 Å². The predicted molar refractivity (Wildman–Crippen MR) is 57.0 cm³/mol. The minimum absolute atomic E-state index is 0.335. The van der Waals surface area contributed by atoms with Crippen molar-refractivity contribution in [1.29, 1.82) is 0 Å². The molecule has 1 aromatic carbocycles. The molecule has 1 aliphatic rings. The molecule has 0 bridgehead atoms. The van der Waals surface area contributed by atoms with Gasteiger partial charge in [-0.3, -0.25) is 0 Å². The topological polar surface area (TPSA) is 20.2 Å². The Kier molecular flexibility index (Phi) is 2.58. The van der Waals surface area contributed by atoms with Crippen molar-refractivity contribution in [2.24, 2.45) is 0 Å². The van der Waals surface area contributed by atoms with E-state index >= 15 is 0 Å². The molecule has 1 aliphatic carbocycles. The summed E-state index contributed by atoms with van der Waals surface area (Å²) in [5, 5.41) is 9.34. The van der Waals surface area contributed by atoms with Crippen LogP contribution in [0.5, 0.6) is 5.75 Å². The number of hydrogen-bond donors (Lipinski definition) is 1. The van der Waals surface area contributed by atoms with Crippen LogP contribution in [0.3, 0.4) is 0 Å². The molecule has 0 spiro atoms. The zero-order chi connectivity index (χ0) is 9.26. The highest BCUT2D eigenvalue weighted by molar-refractivity contribution is 9.10. The summed E-state index contributed by atoms with van der Waals surface area (Å²) in [5.74, 6) is 1.05. The molecule has 0 amide bonds. The number of hydrogen-bond acceptors (Lipinski definition) is 1. The predicted octanol–water partition coefficient (Wildman–Crippen LogP) is 3.81. The maximum Gasteiger partial charge on any atom is 0.129 e. The summed E-state index contributed by atoms with van der Waals surface area (Å²) in [6.07, 6.45) is 5.31. The van der Waals surface area contributed by atoms with Gasteiger partial charge in [0.05, 0.1) is 4.47 Å². The Labute approximate surface area is 86.9 Å². The van der Waals surface area contributed by atoms with E-state index in [1.165, 1.54) is 31.2 Å². The fourth-order valence-corrected chi connectivity index (χ4v) is 2.43. The molecule has 1 fully saturated rings. The molecular formula is C11H13BrO. The normalized spacial score (nSPS) is 17.9. The Bertz CT molecular complexity index is 303. The molecule has 70 valence electrons. The summed E-state index contributed by atoms with van der Waals surface area (Å²) < 4.78 is 0.817. The first-order valence-electron chi connectivity index (χ1n) is 4.76. The van der Waals surface area contributed by atoms with Crippen LogP contribution in [-0.2, 0) is 0 Å². The van der Waals surface area contributed by atoms with Crippen molar-refractivity contribution in [2.75, 3.05) is 0 Å². The van der Waals surface area contributed by atoms with Crippen LogP contribution in [0.4, 0.5) is 0 Å².